The molecule has 3 aromatic rings. The van der Waals surface area contributed by atoms with Crippen LogP contribution in [0.25, 0.3) is 22.2 Å². The molecular formula is C23H26O2S2. The predicted octanol–water partition coefficient (Wildman–Crippen LogP) is 7.65. The molecule has 27 heavy (non-hydrogen) atoms. The Morgan fingerprint density at radius 3 is 2.70 bits per heavy atom. The van der Waals surface area contributed by atoms with E-state index in [1.807, 2.05) is 12.1 Å². The van der Waals surface area contributed by atoms with E-state index < -0.39 is 0 Å². The number of carbonyl (C=O) groups excluding carboxylic acids is 1. The molecule has 0 saturated heterocycles. The van der Waals surface area contributed by atoms with E-state index in [4.69, 9.17) is 4.74 Å². The largest absolute Gasteiger partial charge is 0.462 e. The van der Waals surface area contributed by atoms with Crippen LogP contribution in [0.15, 0.2) is 41.8 Å². The maximum atomic E-state index is 12.2. The number of unbranched alkanes of at least 4 members (excludes halogenated alkanes) is 5. The number of thiophene rings is 2. The van der Waals surface area contributed by atoms with Crippen molar-refractivity contribution in [3.8, 4) is 0 Å². The van der Waals surface area contributed by atoms with Gasteiger partial charge in [-0.2, -0.15) is 0 Å². The van der Waals surface area contributed by atoms with E-state index in [0.29, 0.717) is 11.5 Å². The van der Waals surface area contributed by atoms with Gasteiger partial charge in [0.25, 0.3) is 0 Å². The van der Waals surface area contributed by atoms with Crippen molar-refractivity contribution in [2.24, 2.45) is 0 Å². The van der Waals surface area contributed by atoms with Gasteiger partial charge in [0.2, 0.25) is 0 Å². The number of benzene rings is 1. The van der Waals surface area contributed by atoms with Crippen LogP contribution in [0.3, 0.4) is 0 Å². The summed E-state index contributed by atoms with van der Waals surface area (Å²) >= 11 is 3.24. The molecule has 0 fully saturated rings. The Balaban J connectivity index is 1.48. The van der Waals surface area contributed by atoms with Gasteiger partial charge in [-0.25, -0.2) is 4.79 Å². The van der Waals surface area contributed by atoms with Crippen molar-refractivity contribution in [2.45, 2.75) is 45.4 Å². The van der Waals surface area contributed by atoms with Crippen molar-refractivity contribution < 1.29 is 9.53 Å². The fourth-order valence-electron chi connectivity index (χ4n) is 2.97. The van der Waals surface area contributed by atoms with Crippen LogP contribution in [-0.2, 0) is 4.74 Å². The highest BCUT2D eigenvalue weighted by Crippen LogP contribution is 2.28. The number of hydrogen-bond acceptors (Lipinski definition) is 4. The molecule has 2 nitrogen and oxygen atoms in total. The third-order valence-electron chi connectivity index (χ3n) is 4.50. The summed E-state index contributed by atoms with van der Waals surface area (Å²) in [5.41, 5.74) is 1.22. The lowest BCUT2D eigenvalue weighted by molar-refractivity contribution is 0.0503. The second-order valence-corrected chi connectivity index (χ2v) is 8.65. The van der Waals surface area contributed by atoms with Gasteiger partial charge >= 0.3 is 5.97 Å². The van der Waals surface area contributed by atoms with E-state index in [1.165, 1.54) is 52.7 Å². The summed E-state index contributed by atoms with van der Waals surface area (Å²) < 4.78 is 6.70. The Morgan fingerprint density at radius 2 is 1.81 bits per heavy atom. The first-order chi connectivity index (χ1) is 13.3. The van der Waals surface area contributed by atoms with Gasteiger partial charge in [0.15, 0.2) is 0 Å². The normalized spacial score (nSPS) is 11.4. The number of carbonyl (C=O) groups is 1. The first kappa shape index (κ1) is 19.8. The molecule has 2 aromatic heterocycles. The molecular weight excluding hydrogens is 372 g/mol. The summed E-state index contributed by atoms with van der Waals surface area (Å²) in [6.45, 7) is 2.74. The summed E-state index contributed by atoms with van der Waals surface area (Å²) in [6, 6.07) is 12.3. The minimum atomic E-state index is -0.200. The van der Waals surface area contributed by atoms with Crippen molar-refractivity contribution in [1.82, 2.24) is 0 Å². The molecule has 0 amide bonds. The highest BCUT2D eigenvalue weighted by Gasteiger charge is 2.09. The molecule has 0 saturated carbocycles. The van der Waals surface area contributed by atoms with Crippen molar-refractivity contribution in [1.29, 1.82) is 0 Å². The first-order valence-electron chi connectivity index (χ1n) is 9.69. The van der Waals surface area contributed by atoms with Gasteiger partial charge in [-0.3, -0.25) is 0 Å². The topological polar surface area (TPSA) is 26.3 Å². The number of fused-ring (bicyclic) bond motifs is 1. The van der Waals surface area contributed by atoms with E-state index in [0.717, 1.165) is 17.7 Å². The van der Waals surface area contributed by atoms with Crippen molar-refractivity contribution in [3.63, 3.8) is 0 Å². The quantitative estimate of drug-likeness (QED) is 0.259. The Kier molecular flexibility index (Phi) is 7.66. The van der Waals surface area contributed by atoms with Gasteiger partial charge in [0, 0.05) is 9.58 Å². The Bertz CT molecular complexity index is 889. The van der Waals surface area contributed by atoms with Crippen molar-refractivity contribution in [3.05, 3.63) is 57.1 Å². The van der Waals surface area contributed by atoms with Crippen LogP contribution in [0.1, 0.15) is 65.6 Å². The van der Waals surface area contributed by atoms with Crippen LogP contribution in [0.5, 0.6) is 0 Å². The first-order valence-corrected chi connectivity index (χ1v) is 11.4. The molecule has 0 radical (unpaired) electrons. The van der Waals surface area contributed by atoms with Crippen LogP contribution in [0, 0.1) is 0 Å². The van der Waals surface area contributed by atoms with E-state index in [9.17, 15) is 4.79 Å². The maximum Gasteiger partial charge on any atom is 0.348 e. The minimum Gasteiger partial charge on any atom is -0.462 e. The Labute approximate surface area is 169 Å². The third-order valence-corrected chi connectivity index (χ3v) is 6.51. The lowest BCUT2D eigenvalue weighted by Gasteiger charge is -2.03. The molecule has 0 atom stereocenters. The summed E-state index contributed by atoms with van der Waals surface area (Å²) in [5.74, 6) is -0.200. The fourth-order valence-corrected chi connectivity index (χ4v) is 4.70. The molecule has 0 bridgehead atoms. The lowest BCUT2D eigenvalue weighted by atomic mass is 10.1. The van der Waals surface area contributed by atoms with Crippen molar-refractivity contribution >= 4 is 50.9 Å². The SMILES string of the molecule is CCCCCCCCOC(=O)c1ccc(/C=C/c2csc3ccccc23)s1. The minimum absolute atomic E-state index is 0.200. The molecule has 0 unspecified atom stereocenters. The van der Waals surface area contributed by atoms with Gasteiger partial charge in [0.05, 0.1) is 6.61 Å². The Hall–Kier alpha value is -1.91. The molecule has 4 heteroatoms. The zero-order chi connectivity index (χ0) is 18.9. The predicted molar refractivity (Wildman–Crippen MR) is 119 cm³/mol. The maximum absolute atomic E-state index is 12.2. The number of esters is 1. The zero-order valence-electron chi connectivity index (χ0n) is 15.8. The lowest BCUT2D eigenvalue weighted by Crippen LogP contribution is -2.04. The zero-order valence-corrected chi connectivity index (χ0v) is 17.4. The second kappa shape index (κ2) is 10.4. The fraction of sp³-hybridized carbons (Fsp3) is 0.348. The van der Waals surface area contributed by atoms with Crippen LogP contribution < -0.4 is 0 Å². The van der Waals surface area contributed by atoms with Gasteiger partial charge < -0.3 is 4.74 Å². The summed E-state index contributed by atoms with van der Waals surface area (Å²) in [7, 11) is 0. The average molecular weight is 399 g/mol. The summed E-state index contributed by atoms with van der Waals surface area (Å²) in [4.78, 5) is 13.9. The van der Waals surface area contributed by atoms with Crippen molar-refractivity contribution in [2.75, 3.05) is 6.61 Å². The second-order valence-electron chi connectivity index (χ2n) is 6.63. The third kappa shape index (κ3) is 5.78. The molecule has 3 rings (SSSR count). The standard InChI is InChI=1S/C23H26O2S2/c1-2-3-4-5-6-9-16-25-23(24)22-15-14-19(27-22)13-12-18-17-26-21-11-8-7-10-20(18)21/h7-8,10-15,17H,2-6,9,16H2,1H3/b13-12+. The smallest absolute Gasteiger partial charge is 0.348 e. The molecule has 0 aliphatic rings. The van der Waals surface area contributed by atoms with E-state index in [2.05, 4.69) is 48.7 Å². The van der Waals surface area contributed by atoms with E-state index >= 15 is 0 Å². The molecule has 0 aliphatic heterocycles. The summed E-state index contributed by atoms with van der Waals surface area (Å²) in [5, 5.41) is 3.44. The molecule has 0 spiro atoms. The van der Waals surface area contributed by atoms with Crippen LogP contribution in [-0.4, -0.2) is 12.6 Å². The van der Waals surface area contributed by atoms with Crippen LogP contribution in [0.2, 0.25) is 0 Å². The van der Waals surface area contributed by atoms with Gasteiger partial charge in [0.1, 0.15) is 4.88 Å². The number of ether oxygens (including phenoxy) is 1. The van der Waals surface area contributed by atoms with Gasteiger partial charge in [-0.15, -0.1) is 22.7 Å². The van der Waals surface area contributed by atoms with E-state index in [-0.39, 0.29) is 5.97 Å². The Morgan fingerprint density at radius 1 is 1.00 bits per heavy atom. The molecule has 0 N–H and O–H groups in total. The monoisotopic (exact) mass is 398 g/mol. The highest BCUT2D eigenvalue weighted by atomic mass is 32.1. The number of rotatable bonds is 10. The molecule has 2 heterocycles. The van der Waals surface area contributed by atoms with E-state index in [1.54, 1.807) is 11.3 Å². The highest BCUT2D eigenvalue weighted by molar-refractivity contribution is 7.17. The summed E-state index contributed by atoms with van der Waals surface area (Å²) in [6.07, 6.45) is 11.4. The average Bonchev–Trinajstić information content (AvgIpc) is 3.32. The molecule has 142 valence electrons. The van der Waals surface area contributed by atoms with Crippen LogP contribution >= 0.6 is 22.7 Å². The van der Waals surface area contributed by atoms with Gasteiger partial charge in [-0.05, 0) is 47.0 Å². The van der Waals surface area contributed by atoms with Gasteiger partial charge in [-0.1, -0.05) is 63.3 Å². The number of hydrogen-bond donors (Lipinski definition) is 0. The molecule has 1 aromatic carbocycles. The van der Waals surface area contributed by atoms with Crippen LogP contribution in [0.4, 0.5) is 0 Å². The molecule has 0 aliphatic carbocycles.